The summed E-state index contributed by atoms with van der Waals surface area (Å²) in [6.45, 7) is 3.63. The van der Waals surface area contributed by atoms with Gasteiger partial charge < -0.3 is 9.47 Å². The molecule has 0 aliphatic heterocycles. The first-order valence-corrected chi connectivity index (χ1v) is 8.06. The zero-order chi connectivity index (χ0) is 18.1. The van der Waals surface area contributed by atoms with Crippen molar-refractivity contribution >= 4 is 11.6 Å². The predicted octanol–water partition coefficient (Wildman–Crippen LogP) is 3.95. The van der Waals surface area contributed by atoms with E-state index in [1.807, 2.05) is 25.1 Å². The number of aryl methyl sites for hydroxylation is 1. The lowest BCUT2D eigenvalue weighted by molar-refractivity contribution is 0.0973. The second-order valence-corrected chi connectivity index (χ2v) is 6.21. The molecule has 1 aliphatic carbocycles. The fourth-order valence-corrected chi connectivity index (χ4v) is 3.10. The number of allylic oxidation sites excluding steroid dienone is 2. The maximum atomic E-state index is 12.9. The maximum absolute atomic E-state index is 12.9. The van der Waals surface area contributed by atoms with Gasteiger partial charge in [-0.1, -0.05) is 17.7 Å². The molecule has 0 N–H and O–H groups in total. The summed E-state index contributed by atoms with van der Waals surface area (Å²) in [5.74, 6) is 1.13. The number of ether oxygens (including phenoxy) is 2. The zero-order valence-corrected chi connectivity index (χ0v) is 14.8. The number of hydrogen-bond donors (Lipinski definition) is 0. The first-order valence-electron chi connectivity index (χ1n) is 8.06. The summed E-state index contributed by atoms with van der Waals surface area (Å²) in [6, 6.07) is 10.9. The van der Waals surface area contributed by atoms with Gasteiger partial charge in [-0.2, -0.15) is 0 Å². The van der Waals surface area contributed by atoms with Crippen LogP contribution in [0.5, 0.6) is 11.5 Å². The lowest BCUT2D eigenvalue weighted by Crippen LogP contribution is -2.22. The molecule has 0 spiro atoms. The standard InChI is InChI=1S/C21H20O4/c1-12-5-6-17-19(7-12)20(22)13(2)18(21(17)23)10-14-8-15(24-3)11-16(9-14)25-4/h5-9,11H,10H2,1-4H3. The third kappa shape index (κ3) is 3.07. The Bertz CT molecular complexity index is 884. The first kappa shape index (κ1) is 17.0. The number of rotatable bonds is 4. The van der Waals surface area contributed by atoms with Crippen molar-refractivity contribution in [1.29, 1.82) is 0 Å². The highest BCUT2D eigenvalue weighted by Crippen LogP contribution is 2.31. The van der Waals surface area contributed by atoms with Gasteiger partial charge >= 0.3 is 0 Å². The SMILES string of the molecule is COc1cc(CC2=C(C)C(=O)c3cc(C)ccc3C2=O)cc(OC)c1. The summed E-state index contributed by atoms with van der Waals surface area (Å²) in [5, 5.41) is 0. The van der Waals surface area contributed by atoms with Gasteiger partial charge in [-0.3, -0.25) is 9.59 Å². The second-order valence-electron chi connectivity index (χ2n) is 6.21. The molecule has 3 rings (SSSR count). The van der Waals surface area contributed by atoms with E-state index in [2.05, 4.69) is 0 Å². The van der Waals surface area contributed by atoms with Crippen LogP contribution in [0.25, 0.3) is 0 Å². The molecular weight excluding hydrogens is 316 g/mol. The second kappa shape index (κ2) is 6.55. The molecule has 0 unspecified atom stereocenters. The molecule has 0 fully saturated rings. The van der Waals surface area contributed by atoms with Crippen LogP contribution in [0.3, 0.4) is 0 Å². The molecule has 0 saturated heterocycles. The van der Waals surface area contributed by atoms with E-state index in [0.717, 1.165) is 11.1 Å². The highest BCUT2D eigenvalue weighted by atomic mass is 16.5. The predicted molar refractivity (Wildman–Crippen MR) is 95.8 cm³/mol. The Balaban J connectivity index is 2.03. The Morgan fingerprint density at radius 1 is 0.800 bits per heavy atom. The lowest BCUT2D eigenvalue weighted by Gasteiger charge is -2.20. The van der Waals surface area contributed by atoms with E-state index < -0.39 is 0 Å². The molecule has 25 heavy (non-hydrogen) atoms. The van der Waals surface area contributed by atoms with E-state index in [-0.39, 0.29) is 11.6 Å². The number of ketones is 2. The van der Waals surface area contributed by atoms with Crippen LogP contribution < -0.4 is 9.47 Å². The molecule has 0 radical (unpaired) electrons. The molecule has 1 aliphatic rings. The zero-order valence-electron chi connectivity index (χ0n) is 14.8. The van der Waals surface area contributed by atoms with Crippen LogP contribution >= 0.6 is 0 Å². The van der Waals surface area contributed by atoms with Crippen molar-refractivity contribution in [2.75, 3.05) is 14.2 Å². The summed E-state index contributed by atoms with van der Waals surface area (Å²) < 4.78 is 10.6. The fourth-order valence-electron chi connectivity index (χ4n) is 3.10. The quantitative estimate of drug-likeness (QED) is 0.848. The van der Waals surface area contributed by atoms with Crippen LogP contribution in [0.1, 0.15) is 38.8 Å². The van der Waals surface area contributed by atoms with Crippen molar-refractivity contribution in [3.63, 3.8) is 0 Å². The molecule has 2 aromatic rings. The van der Waals surface area contributed by atoms with Crippen molar-refractivity contribution in [3.05, 3.63) is 69.8 Å². The highest BCUT2D eigenvalue weighted by Gasteiger charge is 2.29. The summed E-state index contributed by atoms with van der Waals surface area (Å²) >= 11 is 0. The first-order chi connectivity index (χ1) is 11.9. The van der Waals surface area contributed by atoms with Gasteiger partial charge in [-0.05, 0) is 37.6 Å². The van der Waals surface area contributed by atoms with Gasteiger partial charge in [0.05, 0.1) is 14.2 Å². The van der Waals surface area contributed by atoms with Crippen molar-refractivity contribution in [2.24, 2.45) is 0 Å². The largest absolute Gasteiger partial charge is 0.497 e. The van der Waals surface area contributed by atoms with Gasteiger partial charge in [0.15, 0.2) is 11.6 Å². The molecule has 0 aromatic heterocycles. The smallest absolute Gasteiger partial charge is 0.190 e. The minimum Gasteiger partial charge on any atom is -0.497 e. The van der Waals surface area contributed by atoms with Gasteiger partial charge in [-0.25, -0.2) is 0 Å². The number of methoxy groups -OCH3 is 2. The van der Waals surface area contributed by atoms with Crippen LogP contribution in [0.4, 0.5) is 0 Å². The van der Waals surface area contributed by atoms with Crippen LogP contribution in [0.15, 0.2) is 47.5 Å². The third-order valence-electron chi connectivity index (χ3n) is 4.52. The molecule has 0 heterocycles. The van der Waals surface area contributed by atoms with Crippen molar-refractivity contribution in [2.45, 2.75) is 20.3 Å². The van der Waals surface area contributed by atoms with E-state index >= 15 is 0 Å². The molecule has 4 heteroatoms. The fraction of sp³-hybridized carbons (Fsp3) is 0.238. The lowest BCUT2D eigenvalue weighted by atomic mass is 9.81. The molecule has 0 saturated carbocycles. The van der Waals surface area contributed by atoms with Crippen LogP contribution in [0.2, 0.25) is 0 Å². The van der Waals surface area contributed by atoms with Crippen molar-refractivity contribution < 1.29 is 19.1 Å². The monoisotopic (exact) mass is 336 g/mol. The number of hydrogen-bond acceptors (Lipinski definition) is 4. The average Bonchev–Trinajstić information content (AvgIpc) is 2.62. The van der Waals surface area contributed by atoms with Crippen molar-refractivity contribution in [1.82, 2.24) is 0 Å². The summed E-state index contributed by atoms with van der Waals surface area (Å²) in [6.07, 6.45) is 0.358. The molecule has 0 amide bonds. The minimum atomic E-state index is -0.0890. The van der Waals surface area contributed by atoms with E-state index in [0.29, 0.717) is 40.2 Å². The Morgan fingerprint density at radius 2 is 1.44 bits per heavy atom. The van der Waals surface area contributed by atoms with Gasteiger partial charge in [0, 0.05) is 34.8 Å². The van der Waals surface area contributed by atoms with Crippen molar-refractivity contribution in [3.8, 4) is 11.5 Å². The number of carbonyl (C=O) groups is 2. The normalized spacial score (nSPS) is 13.8. The van der Waals surface area contributed by atoms with Crippen LogP contribution in [-0.4, -0.2) is 25.8 Å². The van der Waals surface area contributed by atoms with Crippen LogP contribution in [-0.2, 0) is 6.42 Å². The van der Waals surface area contributed by atoms with E-state index in [1.165, 1.54) is 0 Å². The number of carbonyl (C=O) groups excluding carboxylic acids is 2. The maximum Gasteiger partial charge on any atom is 0.190 e. The average molecular weight is 336 g/mol. The van der Waals surface area contributed by atoms with Gasteiger partial charge in [0.25, 0.3) is 0 Å². The van der Waals surface area contributed by atoms with E-state index in [4.69, 9.17) is 9.47 Å². The van der Waals surface area contributed by atoms with E-state index in [9.17, 15) is 9.59 Å². The molecule has 0 atom stereocenters. The number of fused-ring (bicyclic) bond motifs is 1. The van der Waals surface area contributed by atoms with E-state index in [1.54, 1.807) is 39.3 Å². The minimum absolute atomic E-state index is 0.0804. The summed E-state index contributed by atoms with van der Waals surface area (Å²) in [5.41, 5.74) is 3.83. The topological polar surface area (TPSA) is 52.6 Å². The van der Waals surface area contributed by atoms with Gasteiger partial charge in [-0.15, -0.1) is 0 Å². The third-order valence-corrected chi connectivity index (χ3v) is 4.52. The molecule has 0 bridgehead atoms. The Kier molecular flexibility index (Phi) is 4.45. The molecular formula is C21H20O4. The highest BCUT2D eigenvalue weighted by molar-refractivity contribution is 6.26. The summed E-state index contributed by atoms with van der Waals surface area (Å²) in [4.78, 5) is 25.6. The number of benzene rings is 2. The molecule has 2 aromatic carbocycles. The van der Waals surface area contributed by atoms with Gasteiger partial charge in [0.2, 0.25) is 0 Å². The Labute approximate surface area is 147 Å². The Hall–Kier alpha value is -2.88. The van der Waals surface area contributed by atoms with Crippen LogP contribution in [0, 0.1) is 6.92 Å². The number of Topliss-reactive ketones (excluding diaryl/α,β-unsaturated/α-hetero) is 2. The summed E-state index contributed by atoms with van der Waals surface area (Å²) in [7, 11) is 3.16. The molecule has 128 valence electrons. The molecule has 4 nitrogen and oxygen atoms in total. The Morgan fingerprint density at radius 3 is 2.04 bits per heavy atom. The van der Waals surface area contributed by atoms with Gasteiger partial charge in [0.1, 0.15) is 11.5 Å².